The second-order valence-corrected chi connectivity index (χ2v) is 3.14. The SMILES string of the molecule is COC(=O)Cc1c([N+](=O)[O-])cc(F)nc1C(F)F. The zero-order chi connectivity index (χ0) is 13.9. The Morgan fingerprint density at radius 2 is 2.22 bits per heavy atom. The highest BCUT2D eigenvalue weighted by atomic mass is 19.3. The third-order valence-corrected chi connectivity index (χ3v) is 2.05. The summed E-state index contributed by atoms with van der Waals surface area (Å²) in [6, 6.07) is 0.379. The molecule has 0 radical (unpaired) electrons. The molecule has 0 fully saturated rings. The summed E-state index contributed by atoms with van der Waals surface area (Å²) in [5.74, 6) is -2.38. The largest absolute Gasteiger partial charge is 0.469 e. The fraction of sp³-hybridized carbons (Fsp3) is 0.333. The Morgan fingerprint density at radius 1 is 1.61 bits per heavy atom. The molecule has 18 heavy (non-hydrogen) atoms. The lowest BCUT2D eigenvalue weighted by atomic mass is 10.1. The van der Waals surface area contributed by atoms with Crippen LogP contribution in [0.2, 0.25) is 0 Å². The molecule has 9 heteroatoms. The van der Waals surface area contributed by atoms with Gasteiger partial charge in [0, 0.05) is 0 Å². The van der Waals surface area contributed by atoms with Crippen molar-refractivity contribution in [2.45, 2.75) is 12.8 Å². The van der Waals surface area contributed by atoms with Gasteiger partial charge >= 0.3 is 5.97 Å². The van der Waals surface area contributed by atoms with Crippen molar-refractivity contribution in [3.05, 3.63) is 33.4 Å². The molecule has 1 rings (SSSR count). The highest BCUT2D eigenvalue weighted by Crippen LogP contribution is 2.29. The van der Waals surface area contributed by atoms with Gasteiger partial charge in [-0.25, -0.2) is 13.8 Å². The lowest BCUT2D eigenvalue weighted by molar-refractivity contribution is -0.385. The summed E-state index contributed by atoms with van der Waals surface area (Å²) in [5.41, 5.74) is -2.71. The number of pyridine rings is 1. The number of nitrogens with zero attached hydrogens (tertiary/aromatic N) is 2. The third kappa shape index (κ3) is 2.93. The van der Waals surface area contributed by atoms with E-state index in [4.69, 9.17) is 0 Å². The molecule has 0 spiro atoms. The summed E-state index contributed by atoms with van der Waals surface area (Å²) in [7, 11) is 0.993. The second kappa shape index (κ2) is 5.43. The highest BCUT2D eigenvalue weighted by Gasteiger charge is 2.28. The van der Waals surface area contributed by atoms with E-state index < -0.39 is 46.6 Å². The number of alkyl halides is 2. The lowest BCUT2D eigenvalue weighted by Gasteiger charge is -2.07. The van der Waals surface area contributed by atoms with Gasteiger partial charge in [0.25, 0.3) is 12.1 Å². The minimum atomic E-state index is -3.24. The first-order valence-corrected chi connectivity index (χ1v) is 4.55. The molecule has 0 aliphatic heterocycles. The minimum Gasteiger partial charge on any atom is -0.469 e. The summed E-state index contributed by atoms with van der Waals surface area (Å²) in [6.07, 6.45) is -4.01. The Labute approximate surface area is 98.5 Å². The standard InChI is InChI=1S/C9H7F3N2O4/c1-18-7(15)2-4-5(14(16)17)3-6(10)13-8(4)9(11)12/h3,9H,2H2,1H3. The number of carbonyl (C=O) groups is 1. The first kappa shape index (κ1) is 13.9. The predicted molar refractivity (Wildman–Crippen MR) is 51.5 cm³/mol. The van der Waals surface area contributed by atoms with Crippen molar-refractivity contribution in [2.24, 2.45) is 0 Å². The molecule has 0 unspecified atom stereocenters. The molecule has 0 atom stereocenters. The Hall–Kier alpha value is -2.19. The van der Waals surface area contributed by atoms with Crippen LogP contribution in [0.5, 0.6) is 0 Å². The Morgan fingerprint density at radius 3 is 2.67 bits per heavy atom. The van der Waals surface area contributed by atoms with Crippen molar-refractivity contribution in [2.75, 3.05) is 7.11 Å². The normalized spacial score (nSPS) is 10.5. The molecule has 0 N–H and O–H groups in total. The molecular weight excluding hydrogens is 257 g/mol. The van der Waals surface area contributed by atoms with E-state index in [0.717, 1.165) is 7.11 Å². The van der Waals surface area contributed by atoms with Crippen LogP contribution < -0.4 is 0 Å². The number of nitro groups is 1. The van der Waals surface area contributed by atoms with Gasteiger partial charge in [-0.1, -0.05) is 0 Å². The van der Waals surface area contributed by atoms with E-state index in [9.17, 15) is 28.1 Å². The number of halogens is 3. The molecule has 0 aliphatic rings. The van der Waals surface area contributed by atoms with Crippen LogP contribution in [-0.2, 0) is 16.0 Å². The minimum absolute atomic E-state index is 0.379. The van der Waals surface area contributed by atoms with E-state index in [1.165, 1.54) is 0 Å². The van der Waals surface area contributed by atoms with Crippen LogP contribution in [0.1, 0.15) is 17.7 Å². The Balaban J connectivity index is 3.40. The molecule has 98 valence electrons. The third-order valence-electron chi connectivity index (χ3n) is 2.05. The molecule has 0 saturated heterocycles. The maximum absolute atomic E-state index is 12.9. The summed E-state index contributed by atoms with van der Waals surface area (Å²) in [4.78, 5) is 23.5. The number of methoxy groups -OCH3 is 1. The van der Waals surface area contributed by atoms with Crippen molar-refractivity contribution in [3.8, 4) is 0 Å². The first-order chi connectivity index (χ1) is 8.36. The first-order valence-electron chi connectivity index (χ1n) is 4.55. The van der Waals surface area contributed by atoms with Gasteiger partial charge in [0.05, 0.1) is 30.1 Å². The molecule has 1 heterocycles. The molecule has 6 nitrogen and oxygen atoms in total. The van der Waals surface area contributed by atoms with Crippen LogP contribution in [0.4, 0.5) is 18.9 Å². The maximum atomic E-state index is 12.9. The maximum Gasteiger partial charge on any atom is 0.310 e. The van der Waals surface area contributed by atoms with Gasteiger partial charge in [-0.15, -0.1) is 0 Å². The summed E-state index contributed by atoms with van der Waals surface area (Å²) >= 11 is 0. The van der Waals surface area contributed by atoms with E-state index in [2.05, 4.69) is 9.72 Å². The molecule has 1 aromatic heterocycles. The monoisotopic (exact) mass is 264 g/mol. The van der Waals surface area contributed by atoms with Crippen LogP contribution in [0.25, 0.3) is 0 Å². The molecule has 0 bridgehead atoms. The average Bonchev–Trinajstić information content (AvgIpc) is 2.29. The van der Waals surface area contributed by atoms with E-state index >= 15 is 0 Å². The van der Waals surface area contributed by atoms with Gasteiger partial charge in [-0.2, -0.15) is 4.39 Å². The van der Waals surface area contributed by atoms with Gasteiger partial charge in [-0.3, -0.25) is 14.9 Å². The zero-order valence-electron chi connectivity index (χ0n) is 9.02. The molecule has 1 aromatic rings. The Kier molecular flexibility index (Phi) is 4.18. The average molecular weight is 264 g/mol. The quantitative estimate of drug-likeness (QED) is 0.358. The lowest BCUT2D eigenvalue weighted by Crippen LogP contribution is -2.12. The fourth-order valence-electron chi connectivity index (χ4n) is 1.29. The summed E-state index contributed by atoms with van der Waals surface area (Å²) < 4.78 is 42.3. The van der Waals surface area contributed by atoms with Gasteiger partial charge < -0.3 is 4.74 Å². The van der Waals surface area contributed by atoms with Crippen molar-refractivity contribution in [1.29, 1.82) is 0 Å². The van der Waals surface area contributed by atoms with E-state index in [1.54, 1.807) is 0 Å². The molecule has 0 saturated carbocycles. The number of aromatic nitrogens is 1. The van der Waals surface area contributed by atoms with Crippen LogP contribution in [0, 0.1) is 16.1 Å². The van der Waals surface area contributed by atoms with Gasteiger partial charge in [0.1, 0.15) is 5.69 Å². The Bertz CT molecular complexity index is 493. The second-order valence-electron chi connectivity index (χ2n) is 3.14. The van der Waals surface area contributed by atoms with Gasteiger partial charge in [0.15, 0.2) is 0 Å². The molecule has 0 aromatic carbocycles. The van der Waals surface area contributed by atoms with E-state index in [1.807, 2.05) is 0 Å². The van der Waals surface area contributed by atoms with Crippen molar-refractivity contribution < 1.29 is 27.6 Å². The number of hydrogen-bond acceptors (Lipinski definition) is 5. The predicted octanol–water partition coefficient (Wildman–Crippen LogP) is 1.78. The van der Waals surface area contributed by atoms with Gasteiger partial charge in [-0.05, 0) is 0 Å². The van der Waals surface area contributed by atoms with E-state index in [-0.39, 0.29) is 0 Å². The van der Waals surface area contributed by atoms with Crippen LogP contribution in [0.3, 0.4) is 0 Å². The van der Waals surface area contributed by atoms with Crippen molar-refractivity contribution in [3.63, 3.8) is 0 Å². The van der Waals surface area contributed by atoms with Gasteiger partial charge in [0.2, 0.25) is 5.95 Å². The highest BCUT2D eigenvalue weighted by molar-refractivity contribution is 5.74. The number of rotatable bonds is 4. The fourth-order valence-corrected chi connectivity index (χ4v) is 1.29. The number of ether oxygens (including phenoxy) is 1. The molecular formula is C9H7F3N2O4. The molecule has 0 amide bonds. The summed E-state index contributed by atoms with van der Waals surface area (Å²) in [5, 5.41) is 10.6. The van der Waals surface area contributed by atoms with Crippen molar-refractivity contribution >= 4 is 11.7 Å². The number of carbonyl (C=O) groups excluding carboxylic acids is 1. The number of hydrogen-bond donors (Lipinski definition) is 0. The topological polar surface area (TPSA) is 82.3 Å². The van der Waals surface area contributed by atoms with Crippen molar-refractivity contribution in [1.82, 2.24) is 4.98 Å². The summed E-state index contributed by atoms with van der Waals surface area (Å²) in [6.45, 7) is 0. The smallest absolute Gasteiger partial charge is 0.310 e. The number of esters is 1. The van der Waals surface area contributed by atoms with Crippen LogP contribution in [-0.4, -0.2) is 23.0 Å². The van der Waals surface area contributed by atoms with E-state index in [0.29, 0.717) is 6.07 Å². The molecule has 0 aliphatic carbocycles. The van der Waals surface area contributed by atoms with Crippen LogP contribution >= 0.6 is 0 Å². The zero-order valence-corrected chi connectivity index (χ0v) is 9.02. The van der Waals surface area contributed by atoms with Crippen LogP contribution in [0.15, 0.2) is 6.07 Å².